The van der Waals surface area contributed by atoms with Crippen LogP contribution in [0.2, 0.25) is 0 Å². The summed E-state index contributed by atoms with van der Waals surface area (Å²) in [6, 6.07) is 7.25. The van der Waals surface area contributed by atoms with Gasteiger partial charge in [0.25, 0.3) is 0 Å². The smallest absolute Gasteiger partial charge is 0.239 e. The quantitative estimate of drug-likeness (QED) is 0.645. The van der Waals surface area contributed by atoms with E-state index in [9.17, 15) is 4.39 Å². The standard InChI is InChI=1S/C12H14FN5O/c1-18(9-5-3-4-6-10(9)19-2)11-8(13)7-15-12(16-11)17-14/h3-7H,14H2,1-2H3,(H,15,16,17). The Bertz CT molecular complexity index is 578. The zero-order valence-electron chi connectivity index (χ0n) is 10.6. The molecule has 1 aromatic carbocycles. The lowest BCUT2D eigenvalue weighted by Gasteiger charge is -2.21. The van der Waals surface area contributed by atoms with E-state index in [0.29, 0.717) is 11.4 Å². The molecule has 7 heteroatoms. The topological polar surface area (TPSA) is 76.3 Å². The van der Waals surface area contributed by atoms with E-state index in [1.54, 1.807) is 31.2 Å². The molecule has 1 heterocycles. The summed E-state index contributed by atoms with van der Waals surface area (Å²) in [6.45, 7) is 0. The van der Waals surface area contributed by atoms with Crippen LogP contribution in [0.15, 0.2) is 30.5 Å². The fraction of sp³-hybridized carbons (Fsp3) is 0.167. The summed E-state index contributed by atoms with van der Waals surface area (Å²) in [5.74, 6) is 5.53. The number of para-hydroxylation sites is 2. The first kappa shape index (κ1) is 13.0. The Balaban J connectivity index is 2.46. The molecule has 0 saturated heterocycles. The van der Waals surface area contributed by atoms with Gasteiger partial charge in [-0.2, -0.15) is 4.98 Å². The molecule has 19 heavy (non-hydrogen) atoms. The van der Waals surface area contributed by atoms with E-state index in [-0.39, 0.29) is 11.8 Å². The molecule has 0 spiro atoms. The zero-order valence-corrected chi connectivity index (χ0v) is 10.6. The van der Waals surface area contributed by atoms with Gasteiger partial charge < -0.3 is 9.64 Å². The maximum atomic E-state index is 13.8. The van der Waals surface area contributed by atoms with Crippen LogP contribution in [0, 0.1) is 5.82 Å². The SMILES string of the molecule is COc1ccccc1N(C)c1nc(NN)ncc1F. The summed E-state index contributed by atoms with van der Waals surface area (Å²) in [4.78, 5) is 9.25. The van der Waals surface area contributed by atoms with Crippen LogP contribution in [-0.4, -0.2) is 24.1 Å². The van der Waals surface area contributed by atoms with E-state index in [0.717, 1.165) is 6.20 Å². The number of benzene rings is 1. The summed E-state index contributed by atoms with van der Waals surface area (Å²) in [6.07, 6.45) is 1.06. The zero-order chi connectivity index (χ0) is 13.8. The van der Waals surface area contributed by atoms with Crippen molar-refractivity contribution >= 4 is 17.5 Å². The molecule has 0 aliphatic heterocycles. The Hall–Kier alpha value is -2.41. The van der Waals surface area contributed by atoms with Gasteiger partial charge in [0.05, 0.1) is 19.0 Å². The number of hydrogen-bond donors (Lipinski definition) is 2. The predicted octanol–water partition coefficient (Wildman–Crippen LogP) is 1.68. The van der Waals surface area contributed by atoms with Crippen molar-refractivity contribution in [2.45, 2.75) is 0 Å². The number of halogens is 1. The molecule has 2 aromatic rings. The molecule has 0 unspecified atom stereocenters. The molecule has 1 aromatic heterocycles. The molecule has 0 bridgehead atoms. The summed E-state index contributed by atoms with van der Waals surface area (Å²) >= 11 is 0. The van der Waals surface area contributed by atoms with Crippen molar-refractivity contribution in [3.63, 3.8) is 0 Å². The third kappa shape index (κ3) is 2.55. The lowest BCUT2D eigenvalue weighted by Crippen LogP contribution is -2.17. The minimum atomic E-state index is -0.549. The maximum absolute atomic E-state index is 13.8. The lowest BCUT2D eigenvalue weighted by atomic mass is 10.2. The average molecular weight is 263 g/mol. The van der Waals surface area contributed by atoms with Gasteiger partial charge in [-0.15, -0.1) is 0 Å². The van der Waals surface area contributed by atoms with Gasteiger partial charge in [0, 0.05) is 7.05 Å². The number of ether oxygens (including phenoxy) is 1. The molecule has 100 valence electrons. The molecule has 0 fully saturated rings. The normalized spacial score (nSPS) is 10.1. The fourth-order valence-corrected chi connectivity index (χ4v) is 1.68. The van der Waals surface area contributed by atoms with E-state index < -0.39 is 5.82 Å². The van der Waals surface area contributed by atoms with Crippen LogP contribution in [0.4, 0.5) is 21.8 Å². The largest absolute Gasteiger partial charge is 0.495 e. The van der Waals surface area contributed by atoms with Crippen molar-refractivity contribution in [1.82, 2.24) is 9.97 Å². The Morgan fingerprint density at radius 2 is 2.11 bits per heavy atom. The summed E-state index contributed by atoms with van der Waals surface area (Å²) < 4.78 is 19.0. The predicted molar refractivity (Wildman–Crippen MR) is 70.9 cm³/mol. The number of methoxy groups -OCH3 is 1. The van der Waals surface area contributed by atoms with Crippen molar-refractivity contribution in [3.05, 3.63) is 36.3 Å². The second-order valence-corrected chi connectivity index (χ2v) is 3.74. The van der Waals surface area contributed by atoms with Crippen LogP contribution >= 0.6 is 0 Å². The molecule has 0 saturated carbocycles. The number of anilines is 3. The van der Waals surface area contributed by atoms with E-state index in [4.69, 9.17) is 10.6 Å². The van der Waals surface area contributed by atoms with E-state index >= 15 is 0 Å². The molecule has 6 nitrogen and oxygen atoms in total. The summed E-state index contributed by atoms with van der Waals surface area (Å²) in [7, 11) is 3.24. The number of hydrogen-bond acceptors (Lipinski definition) is 6. The van der Waals surface area contributed by atoms with Crippen LogP contribution in [0.25, 0.3) is 0 Å². The first-order valence-electron chi connectivity index (χ1n) is 5.53. The number of hydrazine groups is 1. The van der Waals surface area contributed by atoms with Gasteiger partial charge in [0.15, 0.2) is 11.6 Å². The fourth-order valence-electron chi connectivity index (χ4n) is 1.68. The number of nitrogens with zero attached hydrogens (tertiary/aromatic N) is 3. The lowest BCUT2D eigenvalue weighted by molar-refractivity contribution is 0.415. The molecule has 2 rings (SSSR count). The number of rotatable bonds is 4. The third-order valence-electron chi connectivity index (χ3n) is 2.62. The van der Waals surface area contributed by atoms with Gasteiger partial charge in [-0.1, -0.05) is 12.1 Å². The minimum absolute atomic E-state index is 0.104. The van der Waals surface area contributed by atoms with E-state index in [1.807, 2.05) is 12.1 Å². The summed E-state index contributed by atoms with van der Waals surface area (Å²) in [5.41, 5.74) is 2.97. The van der Waals surface area contributed by atoms with Crippen LogP contribution in [0.5, 0.6) is 5.75 Å². The van der Waals surface area contributed by atoms with Crippen molar-refractivity contribution in [2.24, 2.45) is 5.84 Å². The van der Waals surface area contributed by atoms with Crippen molar-refractivity contribution in [3.8, 4) is 5.75 Å². The second kappa shape index (κ2) is 5.49. The highest BCUT2D eigenvalue weighted by molar-refractivity contribution is 5.67. The first-order valence-corrected chi connectivity index (χ1v) is 5.53. The van der Waals surface area contributed by atoms with Gasteiger partial charge in [-0.25, -0.2) is 15.2 Å². The number of nitrogen functional groups attached to an aromatic ring is 1. The molecule has 3 N–H and O–H groups in total. The molecule has 0 radical (unpaired) electrons. The van der Waals surface area contributed by atoms with Crippen LogP contribution in [0.3, 0.4) is 0 Å². The maximum Gasteiger partial charge on any atom is 0.239 e. The van der Waals surface area contributed by atoms with Crippen LogP contribution in [-0.2, 0) is 0 Å². The highest BCUT2D eigenvalue weighted by atomic mass is 19.1. The van der Waals surface area contributed by atoms with Gasteiger partial charge in [0.1, 0.15) is 5.75 Å². The molecular formula is C12H14FN5O. The molecule has 0 atom stereocenters. The molecular weight excluding hydrogens is 249 g/mol. The Morgan fingerprint density at radius 3 is 2.79 bits per heavy atom. The van der Waals surface area contributed by atoms with Crippen LogP contribution < -0.4 is 20.9 Å². The van der Waals surface area contributed by atoms with Crippen molar-refractivity contribution in [1.29, 1.82) is 0 Å². The molecule has 0 amide bonds. The Morgan fingerprint density at radius 1 is 1.37 bits per heavy atom. The Kier molecular flexibility index (Phi) is 3.76. The van der Waals surface area contributed by atoms with Crippen molar-refractivity contribution < 1.29 is 9.13 Å². The van der Waals surface area contributed by atoms with Gasteiger partial charge >= 0.3 is 0 Å². The Labute approximate surface area is 110 Å². The number of aromatic nitrogens is 2. The highest BCUT2D eigenvalue weighted by Crippen LogP contribution is 2.32. The van der Waals surface area contributed by atoms with Crippen LogP contribution in [0.1, 0.15) is 0 Å². The van der Waals surface area contributed by atoms with Crippen molar-refractivity contribution in [2.75, 3.05) is 24.5 Å². The van der Waals surface area contributed by atoms with Gasteiger partial charge in [-0.05, 0) is 12.1 Å². The second-order valence-electron chi connectivity index (χ2n) is 3.74. The molecule has 0 aliphatic carbocycles. The summed E-state index contributed by atoms with van der Waals surface area (Å²) in [5, 5.41) is 0. The average Bonchev–Trinajstić information content (AvgIpc) is 2.47. The monoisotopic (exact) mass is 263 g/mol. The number of nitrogens with one attached hydrogen (secondary N) is 1. The van der Waals surface area contributed by atoms with Gasteiger partial charge in [0.2, 0.25) is 5.95 Å². The number of nitrogens with two attached hydrogens (primary N) is 1. The third-order valence-corrected chi connectivity index (χ3v) is 2.62. The molecule has 0 aliphatic rings. The van der Waals surface area contributed by atoms with E-state index in [1.165, 1.54) is 0 Å². The minimum Gasteiger partial charge on any atom is -0.495 e. The highest BCUT2D eigenvalue weighted by Gasteiger charge is 2.15. The van der Waals surface area contributed by atoms with E-state index in [2.05, 4.69) is 15.4 Å². The van der Waals surface area contributed by atoms with Gasteiger partial charge in [-0.3, -0.25) is 5.43 Å². The first-order chi connectivity index (χ1) is 9.17.